The molecule has 2 atom stereocenters. The Morgan fingerprint density at radius 2 is 2.31 bits per heavy atom. The van der Waals surface area contributed by atoms with Gasteiger partial charge < -0.3 is 9.47 Å². The predicted molar refractivity (Wildman–Crippen MR) is 70.7 cm³/mol. The van der Waals surface area contributed by atoms with Crippen LogP contribution in [0.15, 0.2) is 11.1 Å². The summed E-state index contributed by atoms with van der Waals surface area (Å²) < 4.78 is 11.5. The van der Waals surface area contributed by atoms with Gasteiger partial charge in [0.05, 0.1) is 6.10 Å². The maximum atomic E-state index is 5.94. The smallest absolute Gasteiger partial charge is 0.158 e. The van der Waals surface area contributed by atoms with Gasteiger partial charge in [-0.1, -0.05) is 42.1 Å². The van der Waals surface area contributed by atoms with Crippen molar-refractivity contribution in [1.29, 1.82) is 0 Å². The molecule has 0 radical (unpaired) electrons. The molecule has 2 unspecified atom stereocenters. The van der Waals surface area contributed by atoms with Crippen molar-refractivity contribution in [2.24, 2.45) is 0 Å². The predicted octanol–water partition coefficient (Wildman–Crippen LogP) is 4.39. The number of ether oxygens (including phenoxy) is 2. The molecule has 0 saturated carbocycles. The van der Waals surface area contributed by atoms with Crippen molar-refractivity contribution >= 4 is 15.9 Å². The summed E-state index contributed by atoms with van der Waals surface area (Å²) in [5.41, 5.74) is 0. The molecule has 0 aromatic rings. The zero-order valence-corrected chi connectivity index (χ0v) is 11.7. The van der Waals surface area contributed by atoms with Gasteiger partial charge in [0, 0.05) is 6.61 Å². The van der Waals surface area contributed by atoms with Gasteiger partial charge in [0.25, 0.3) is 0 Å². The first-order chi connectivity index (χ1) is 7.86. The minimum atomic E-state index is 0.0177. The monoisotopic (exact) mass is 290 g/mol. The van der Waals surface area contributed by atoms with Crippen LogP contribution in [-0.4, -0.2) is 19.0 Å². The standard InChI is InChI=1S/C13H23BrO2/c1-2-3-4-7-12(9-10-14)16-13-8-5-6-11-15-13/h9-10,12-13H,2-8,11H2,1H3. The molecule has 0 aromatic carbocycles. The fraction of sp³-hybridized carbons (Fsp3) is 0.846. The van der Waals surface area contributed by atoms with Crippen molar-refractivity contribution in [3.05, 3.63) is 11.1 Å². The molecule has 1 heterocycles. The molecule has 1 aliphatic heterocycles. The maximum absolute atomic E-state index is 5.94. The van der Waals surface area contributed by atoms with Gasteiger partial charge in [-0.05, 0) is 36.7 Å². The van der Waals surface area contributed by atoms with Crippen LogP contribution >= 0.6 is 15.9 Å². The van der Waals surface area contributed by atoms with E-state index in [-0.39, 0.29) is 12.4 Å². The molecule has 0 N–H and O–H groups in total. The van der Waals surface area contributed by atoms with E-state index >= 15 is 0 Å². The molecule has 1 rings (SSSR count). The normalized spacial score (nSPS) is 23.8. The van der Waals surface area contributed by atoms with Crippen molar-refractivity contribution in [1.82, 2.24) is 0 Å². The summed E-state index contributed by atoms with van der Waals surface area (Å²) in [6.45, 7) is 3.07. The molecule has 3 heteroatoms. The van der Waals surface area contributed by atoms with Crippen molar-refractivity contribution in [3.8, 4) is 0 Å². The van der Waals surface area contributed by atoms with Crippen LogP contribution in [0, 0.1) is 0 Å². The maximum Gasteiger partial charge on any atom is 0.158 e. The van der Waals surface area contributed by atoms with Gasteiger partial charge in [0.1, 0.15) is 0 Å². The largest absolute Gasteiger partial charge is 0.353 e. The lowest BCUT2D eigenvalue weighted by Gasteiger charge is -2.26. The van der Waals surface area contributed by atoms with Crippen molar-refractivity contribution in [2.75, 3.05) is 6.61 Å². The fourth-order valence-corrected chi connectivity index (χ4v) is 2.24. The minimum Gasteiger partial charge on any atom is -0.353 e. The van der Waals surface area contributed by atoms with Crippen LogP contribution in [0.25, 0.3) is 0 Å². The molecule has 1 aliphatic rings. The molecule has 0 aliphatic carbocycles. The van der Waals surface area contributed by atoms with Crippen LogP contribution in [0.3, 0.4) is 0 Å². The third-order valence-electron chi connectivity index (χ3n) is 2.84. The van der Waals surface area contributed by atoms with Crippen LogP contribution < -0.4 is 0 Å². The van der Waals surface area contributed by atoms with Crippen LogP contribution in [0.4, 0.5) is 0 Å². The second kappa shape index (κ2) is 9.20. The van der Waals surface area contributed by atoms with E-state index in [2.05, 4.69) is 28.9 Å². The topological polar surface area (TPSA) is 18.5 Å². The van der Waals surface area contributed by atoms with E-state index in [4.69, 9.17) is 9.47 Å². The average molecular weight is 291 g/mol. The number of unbranched alkanes of at least 4 members (excludes halogenated alkanes) is 2. The van der Waals surface area contributed by atoms with Gasteiger partial charge in [-0.3, -0.25) is 0 Å². The summed E-state index contributed by atoms with van der Waals surface area (Å²) in [6.07, 6.45) is 10.6. The van der Waals surface area contributed by atoms with Gasteiger partial charge >= 0.3 is 0 Å². The molecule has 1 fully saturated rings. The highest BCUT2D eigenvalue weighted by Gasteiger charge is 2.17. The highest BCUT2D eigenvalue weighted by atomic mass is 79.9. The second-order valence-electron chi connectivity index (χ2n) is 4.28. The summed E-state index contributed by atoms with van der Waals surface area (Å²) in [5, 5.41) is 0. The van der Waals surface area contributed by atoms with Crippen molar-refractivity contribution < 1.29 is 9.47 Å². The van der Waals surface area contributed by atoms with Crippen molar-refractivity contribution in [3.63, 3.8) is 0 Å². The van der Waals surface area contributed by atoms with E-state index in [0.29, 0.717) is 0 Å². The van der Waals surface area contributed by atoms with E-state index in [9.17, 15) is 0 Å². The van der Waals surface area contributed by atoms with E-state index in [1.54, 1.807) is 0 Å². The van der Waals surface area contributed by atoms with E-state index in [0.717, 1.165) is 19.4 Å². The quantitative estimate of drug-likeness (QED) is 0.648. The summed E-state index contributed by atoms with van der Waals surface area (Å²) in [5.74, 6) is 0. The second-order valence-corrected chi connectivity index (χ2v) is 4.81. The van der Waals surface area contributed by atoms with Crippen molar-refractivity contribution in [2.45, 2.75) is 64.3 Å². The molecule has 0 bridgehead atoms. The Morgan fingerprint density at radius 1 is 1.44 bits per heavy atom. The first-order valence-corrected chi connectivity index (χ1v) is 7.32. The Balaban J connectivity index is 2.25. The summed E-state index contributed by atoms with van der Waals surface area (Å²) in [6, 6.07) is 0. The Bertz CT molecular complexity index is 188. The molecule has 94 valence electrons. The van der Waals surface area contributed by atoms with Gasteiger partial charge in [0.15, 0.2) is 6.29 Å². The lowest BCUT2D eigenvalue weighted by Crippen LogP contribution is -2.27. The van der Waals surface area contributed by atoms with Gasteiger partial charge in [-0.15, -0.1) is 0 Å². The Kier molecular flexibility index (Phi) is 8.17. The van der Waals surface area contributed by atoms with Crippen LogP contribution in [-0.2, 0) is 9.47 Å². The summed E-state index contributed by atoms with van der Waals surface area (Å²) >= 11 is 3.32. The lowest BCUT2D eigenvalue weighted by atomic mass is 10.1. The third-order valence-corrected chi connectivity index (χ3v) is 3.15. The van der Waals surface area contributed by atoms with Crippen LogP contribution in [0.1, 0.15) is 51.9 Å². The first kappa shape index (κ1) is 14.2. The Labute approximate surface area is 108 Å². The SMILES string of the molecule is CCCCCC(C=CBr)OC1CCCCO1. The molecule has 2 nitrogen and oxygen atoms in total. The first-order valence-electron chi connectivity index (χ1n) is 6.40. The lowest BCUT2D eigenvalue weighted by molar-refractivity contribution is -0.179. The van der Waals surface area contributed by atoms with Crippen LogP contribution in [0.5, 0.6) is 0 Å². The Morgan fingerprint density at radius 3 is 2.94 bits per heavy atom. The summed E-state index contributed by atoms with van der Waals surface area (Å²) in [4.78, 5) is 1.90. The van der Waals surface area contributed by atoms with Crippen LogP contribution in [0.2, 0.25) is 0 Å². The molecular formula is C13H23BrO2. The molecule has 0 aromatic heterocycles. The minimum absolute atomic E-state index is 0.0177. The highest BCUT2D eigenvalue weighted by Crippen LogP contribution is 2.18. The number of hydrogen-bond donors (Lipinski definition) is 0. The third kappa shape index (κ3) is 6.02. The zero-order valence-electron chi connectivity index (χ0n) is 10.2. The zero-order chi connectivity index (χ0) is 11.6. The Hall–Kier alpha value is 0.140. The van der Waals surface area contributed by atoms with Gasteiger partial charge in [0.2, 0.25) is 0 Å². The summed E-state index contributed by atoms with van der Waals surface area (Å²) in [7, 11) is 0. The van der Waals surface area contributed by atoms with E-state index in [1.165, 1.54) is 32.1 Å². The molecule has 0 amide bonds. The average Bonchev–Trinajstić information content (AvgIpc) is 2.31. The van der Waals surface area contributed by atoms with Gasteiger partial charge in [-0.2, -0.15) is 0 Å². The number of hydrogen-bond acceptors (Lipinski definition) is 2. The van der Waals surface area contributed by atoms with E-state index < -0.39 is 0 Å². The molecule has 1 saturated heterocycles. The fourth-order valence-electron chi connectivity index (χ4n) is 1.90. The number of halogens is 1. The molecular weight excluding hydrogens is 268 g/mol. The van der Waals surface area contributed by atoms with E-state index in [1.807, 2.05) is 4.99 Å². The molecule has 16 heavy (non-hydrogen) atoms. The van der Waals surface area contributed by atoms with Gasteiger partial charge in [-0.25, -0.2) is 0 Å². The molecule has 0 spiro atoms. The highest BCUT2D eigenvalue weighted by molar-refractivity contribution is 9.11. The number of rotatable bonds is 7.